The summed E-state index contributed by atoms with van der Waals surface area (Å²) in [6.45, 7) is 1.07. The standard InChI is InChI=1S/C8H8BrNO3/c1-2-5(11)4-10-7(12)3-6(9)8(10)13/h3H,2,4H2,1H3/i2T. The van der Waals surface area contributed by atoms with Crippen LogP contribution in [0.3, 0.4) is 0 Å². The summed E-state index contributed by atoms with van der Waals surface area (Å²) in [6.07, 6.45) is 0.194. The van der Waals surface area contributed by atoms with Gasteiger partial charge < -0.3 is 0 Å². The molecule has 13 heavy (non-hydrogen) atoms. The van der Waals surface area contributed by atoms with Crippen molar-refractivity contribution in [2.24, 2.45) is 0 Å². The van der Waals surface area contributed by atoms with Gasteiger partial charge in [-0.2, -0.15) is 0 Å². The van der Waals surface area contributed by atoms with Crippen molar-refractivity contribution < 1.29 is 15.8 Å². The summed E-state index contributed by atoms with van der Waals surface area (Å²) in [5, 5.41) is 0. The number of nitrogens with zero attached hydrogens (tertiary/aromatic N) is 1. The minimum absolute atomic E-state index is 0.146. The topological polar surface area (TPSA) is 54.5 Å². The van der Waals surface area contributed by atoms with E-state index in [-0.39, 0.29) is 11.0 Å². The van der Waals surface area contributed by atoms with Gasteiger partial charge in [0, 0.05) is 13.8 Å². The van der Waals surface area contributed by atoms with Gasteiger partial charge in [0.1, 0.15) is 0 Å². The molecule has 1 aliphatic rings. The molecule has 4 nitrogen and oxygen atoms in total. The van der Waals surface area contributed by atoms with Crippen molar-refractivity contribution in [2.45, 2.75) is 13.3 Å². The van der Waals surface area contributed by atoms with Crippen LogP contribution in [0, 0.1) is 0 Å². The molecular formula is C8H8BrNO3. The number of Topliss-reactive ketones (excluding diaryl/α,β-unsaturated/α-hetero) is 1. The monoisotopic (exact) mass is 247 g/mol. The Kier molecular flexibility index (Phi) is 2.54. The number of hydrogen-bond acceptors (Lipinski definition) is 3. The molecule has 0 spiro atoms. The molecule has 1 heterocycles. The third-order valence-electron chi connectivity index (χ3n) is 1.60. The van der Waals surface area contributed by atoms with E-state index >= 15 is 0 Å². The predicted molar refractivity (Wildman–Crippen MR) is 49.0 cm³/mol. The van der Waals surface area contributed by atoms with Gasteiger partial charge in [0.2, 0.25) is 0 Å². The quantitative estimate of drug-likeness (QED) is 0.687. The first kappa shape index (κ1) is 8.62. The highest BCUT2D eigenvalue weighted by Crippen LogP contribution is 2.17. The first-order chi connectivity index (χ1) is 6.43. The molecule has 0 aromatic heterocycles. The summed E-state index contributed by atoms with van der Waals surface area (Å²) < 4.78 is 7.25. The molecule has 5 heteroatoms. The Labute approximate surface area is 85.1 Å². The lowest BCUT2D eigenvalue weighted by molar-refractivity contribution is -0.140. The van der Waals surface area contributed by atoms with Crippen LogP contribution in [0.2, 0.25) is 0 Å². The van der Waals surface area contributed by atoms with Gasteiger partial charge in [0.05, 0.1) is 11.0 Å². The van der Waals surface area contributed by atoms with Gasteiger partial charge in [0.25, 0.3) is 11.8 Å². The highest BCUT2D eigenvalue weighted by molar-refractivity contribution is 9.12. The molecular weight excluding hydrogens is 238 g/mol. The molecule has 0 aliphatic carbocycles. The molecule has 0 bridgehead atoms. The van der Waals surface area contributed by atoms with Crippen molar-refractivity contribution in [2.75, 3.05) is 6.54 Å². The average Bonchev–Trinajstić information content (AvgIpc) is 2.32. The summed E-state index contributed by atoms with van der Waals surface area (Å²) in [6, 6.07) is 0. The fourth-order valence-corrected chi connectivity index (χ4v) is 1.28. The van der Waals surface area contributed by atoms with E-state index in [0.29, 0.717) is 0 Å². The number of halogens is 1. The highest BCUT2D eigenvalue weighted by atomic mass is 79.9. The third-order valence-corrected chi connectivity index (χ3v) is 2.17. The lowest BCUT2D eigenvalue weighted by Gasteiger charge is -2.11. The van der Waals surface area contributed by atoms with E-state index in [4.69, 9.17) is 1.37 Å². The smallest absolute Gasteiger partial charge is 0.268 e. The van der Waals surface area contributed by atoms with E-state index in [1.54, 1.807) is 0 Å². The van der Waals surface area contributed by atoms with Crippen LogP contribution < -0.4 is 0 Å². The van der Waals surface area contributed by atoms with Crippen molar-refractivity contribution in [3.8, 4) is 0 Å². The Bertz CT molecular complexity index is 337. The summed E-state index contributed by atoms with van der Waals surface area (Å²) in [5.41, 5.74) is 0. The fraction of sp³-hybridized carbons (Fsp3) is 0.375. The zero-order valence-electron chi connectivity index (χ0n) is 7.91. The van der Waals surface area contributed by atoms with Crippen molar-refractivity contribution >= 4 is 33.5 Å². The maximum absolute atomic E-state index is 11.3. The number of ketones is 1. The molecule has 0 saturated carbocycles. The van der Waals surface area contributed by atoms with Gasteiger partial charge in [-0.15, -0.1) is 0 Å². The van der Waals surface area contributed by atoms with Crippen LogP contribution >= 0.6 is 15.9 Å². The van der Waals surface area contributed by atoms with Crippen molar-refractivity contribution in [1.82, 2.24) is 4.90 Å². The molecule has 0 N–H and O–H groups in total. The Hall–Kier alpha value is -0.970. The Morgan fingerprint density at radius 2 is 2.31 bits per heavy atom. The van der Waals surface area contributed by atoms with Crippen LogP contribution in [0.25, 0.3) is 0 Å². The van der Waals surface area contributed by atoms with Crippen LogP contribution in [-0.4, -0.2) is 29.0 Å². The second-order valence-electron chi connectivity index (χ2n) is 2.48. The summed E-state index contributed by atoms with van der Waals surface area (Å²) >= 11 is 2.90. The zero-order chi connectivity index (χ0) is 10.9. The van der Waals surface area contributed by atoms with E-state index in [0.717, 1.165) is 11.0 Å². The predicted octanol–water partition coefficient (Wildman–Crippen LogP) is 0.613. The zero-order valence-corrected chi connectivity index (χ0v) is 8.50. The van der Waals surface area contributed by atoms with Gasteiger partial charge in [0.15, 0.2) is 5.78 Å². The van der Waals surface area contributed by atoms with Gasteiger partial charge >= 0.3 is 0 Å². The van der Waals surface area contributed by atoms with E-state index in [1.807, 2.05) is 0 Å². The number of amides is 2. The van der Waals surface area contributed by atoms with E-state index < -0.39 is 24.0 Å². The fourth-order valence-electron chi connectivity index (χ4n) is 0.874. The molecule has 70 valence electrons. The molecule has 0 fully saturated rings. The lowest BCUT2D eigenvalue weighted by Crippen LogP contribution is -2.35. The second-order valence-corrected chi connectivity index (χ2v) is 3.33. The summed E-state index contributed by atoms with van der Waals surface area (Å²) in [4.78, 5) is 34.3. The molecule has 1 atom stereocenters. The first-order valence-corrected chi connectivity index (χ1v) is 4.40. The Morgan fingerprint density at radius 1 is 1.69 bits per heavy atom. The highest BCUT2D eigenvalue weighted by Gasteiger charge is 2.30. The van der Waals surface area contributed by atoms with E-state index in [1.165, 1.54) is 6.92 Å². The third kappa shape index (κ3) is 2.03. The van der Waals surface area contributed by atoms with Gasteiger partial charge in [-0.05, 0) is 15.9 Å². The Morgan fingerprint density at radius 3 is 2.69 bits per heavy atom. The molecule has 0 radical (unpaired) electrons. The Balaban J connectivity index is 2.69. The molecule has 0 aromatic rings. The SMILES string of the molecule is [3H]C(C)C(=O)CN1C(=O)C=C(Br)C1=O. The molecule has 0 saturated heterocycles. The molecule has 1 aliphatic heterocycles. The second kappa shape index (κ2) is 3.83. The van der Waals surface area contributed by atoms with Gasteiger partial charge in [-0.1, -0.05) is 6.92 Å². The number of carbonyl (C=O) groups excluding carboxylic acids is 3. The number of rotatable bonds is 3. The van der Waals surface area contributed by atoms with Crippen molar-refractivity contribution in [3.63, 3.8) is 0 Å². The van der Waals surface area contributed by atoms with Gasteiger partial charge in [-0.3, -0.25) is 19.3 Å². The minimum Gasteiger partial charge on any atom is -0.298 e. The maximum Gasteiger partial charge on any atom is 0.268 e. The maximum atomic E-state index is 11.3. The van der Waals surface area contributed by atoms with Crippen molar-refractivity contribution in [3.05, 3.63) is 10.6 Å². The average molecular weight is 248 g/mol. The molecule has 1 rings (SSSR count). The number of imide groups is 1. The van der Waals surface area contributed by atoms with Crippen molar-refractivity contribution in [1.29, 1.82) is 0 Å². The van der Waals surface area contributed by atoms with E-state index in [2.05, 4.69) is 15.9 Å². The van der Waals surface area contributed by atoms with E-state index in [9.17, 15) is 14.4 Å². The van der Waals surface area contributed by atoms with Crippen LogP contribution in [0.15, 0.2) is 10.6 Å². The molecule has 1 unspecified atom stereocenters. The largest absolute Gasteiger partial charge is 0.298 e. The molecule has 2 amide bonds. The van der Waals surface area contributed by atoms with Crippen LogP contribution in [0.4, 0.5) is 0 Å². The first-order valence-electron chi connectivity index (χ1n) is 4.19. The normalized spacial score (nSPS) is 20.0. The number of carbonyl (C=O) groups is 3. The number of hydrogen-bond donors (Lipinski definition) is 0. The van der Waals surface area contributed by atoms with Gasteiger partial charge in [-0.25, -0.2) is 0 Å². The van der Waals surface area contributed by atoms with Crippen LogP contribution in [0.5, 0.6) is 0 Å². The minimum atomic E-state index is -0.921. The summed E-state index contributed by atoms with van der Waals surface area (Å²) in [5.74, 6) is -1.50. The summed E-state index contributed by atoms with van der Waals surface area (Å²) in [7, 11) is 0. The lowest BCUT2D eigenvalue weighted by atomic mass is 10.3. The molecule has 0 aromatic carbocycles. The van der Waals surface area contributed by atoms with Crippen LogP contribution in [-0.2, 0) is 14.4 Å². The van der Waals surface area contributed by atoms with Crippen LogP contribution in [0.1, 0.15) is 14.7 Å².